The molecule has 0 spiro atoms. The number of carbonyl (C=O) groups excluding carboxylic acids is 1. The van der Waals surface area contributed by atoms with E-state index in [9.17, 15) is 4.79 Å². The van der Waals surface area contributed by atoms with Gasteiger partial charge in [0.2, 0.25) is 0 Å². The van der Waals surface area contributed by atoms with Crippen molar-refractivity contribution in [3.63, 3.8) is 0 Å². The third-order valence-electron chi connectivity index (χ3n) is 6.75. The minimum absolute atomic E-state index is 0.0567. The maximum absolute atomic E-state index is 13.9. The molecule has 2 fully saturated rings. The average molecular weight is 475 g/mol. The van der Waals surface area contributed by atoms with Crippen LogP contribution in [-0.4, -0.2) is 46.5 Å². The van der Waals surface area contributed by atoms with E-state index in [1.54, 1.807) is 0 Å². The Balaban J connectivity index is 1.25. The molecule has 3 atom stereocenters. The zero-order valence-corrected chi connectivity index (χ0v) is 20.0. The molecule has 8 heteroatoms. The summed E-state index contributed by atoms with van der Waals surface area (Å²) in [6.07, 6.45) is 1.17. The molecule has 7 nitrogen and oxygen atoms in total. The van der Waals surface area contributed by atoms with Crippen LogP contribution in [0.4, 0.5) is 6.01 Å². The number of aromatic nitrogens is 2. The molecule has 0 radical (unpaired) electrons. The summed E-state index contributed by atoms with van der Waals surface area (Å²) in [4.78, 5) is 25.0. The summed E-state index contributed by atoms with van der Waals surface area (Å²) in [7, 11) is 0. The van der Waals surface area contributed by atoms with Gasteiger partial charge >= 0.3 is 0 Å². The molecule has 1 aliphatic heterocycles. The number of ether oxygens (including phenoxy) is 1. The summed E-state index contributed by atoms with van der Waals surface area (Å²) in [6.45, 7) is 5.93. The van der Waals surface area contributed by atoms with Crippen molar-refractivity contribution in [1.82, 2.24) is 14.9 Å². The van der Waals surface area contributed by atoms with Gasteiger partial charge in [0.25, 0.3) is 17.1 Å². The fourth-order valence-electron chi connectivity index (χ4n) is 4.99. The molecule has 4 aromatic rings. The molecule has 2 aromatic heterocycles. The maximum Gasteiger partial charge on any atom is 0.295 e. The maximum atomic E-state index is 13.9. The number of nitrogens with one attached hydrogen (secondary N) is 1. The molecule has 3 heterocycles. The van der Waals surface area contributed by atoms with E-state index in [1.165, 1.54) is 17.8 Å². The highest BCUT2D eigenvalue weighted by molar-refractivity contribution is 7.11. The quantitative estimate of drug-likeness (QED) is 0.395. The van der Waals surface area contributed by atoms with Crippen LogP contribution in [0.15, 0.2) is 52.3 Å². The topological polar surface area (TPSA) is 80.5 Å². The standard InChI is InChI=1S/C26H26N4O3S/c1-3-32-26-29-21(14-34-26)17-9-8-15(2)10-19(17)24(31)30-13-16-11-18(16)22(30)12-27-25-28-20-6-4-5-7-23(20)33-25/h4-10,14,16,18,22H,3,11-13H2,1-2H3,(H,27,28). The lowest BCUT2D eigenvalue weighted by atomic mass is 10.0. The minimum atomic E-state index is 0.0567. The number of hydrogen-bond acceptors (Lipinski definition) is 7. The fraction of sp³-hybridized carbons (Fsp3) is 0.346. The lowest BCUT2D eigenvalue weighted by molar-refractivity contribution is 0.0715. The number of nitrogens with zero attached hydrogens (tertiary/aromatic N) is 3. The average Bonchev–Trinajstić information content (AvgIpc) is 3.16. The van der Waals surface area contributed by atoms with Crippen molar-refractivity contribution in [3.05, 3.63) is 59.0 Å². The van der Waals surface area contributed by atoms with Crippen LogP contribution in [-0.2, 0) is 0 Å². The Morgan fingerprint density at radius 3 is 3.00 bits per heavy atom. The zero-order chi connectivity index (χ0) is 23.2. The molecule has 174 valence electrons. The second-order valence-electron chi connectivity index (χ2n) is 9.03. The van der Waals surface area contributed by atoms with Crippen LogP contribution in [0, 0.1) is 18.8 Å². The molecule has 1 saturated carbocycles. The normalized spacial score (nSPS) is 21.0. The van der Waals surface area contributed by atoms with Crippen molar-refractivity contribution >= 4 is 34.4 Å². The summed E-state index contributed by atoms with van der Waals surface area (Å²) in [5, 5.41) is 5.93. The van der Waals surface area contributed by atoms with E-state index in [2.05, 4.69) is 15.3 Å². The number of oxazole rings is 1. The number of likely N-dealkylation sites (tertiary alicyclic amines) is 1. The molecule has 6 rings (SSSR count). The first-order chi connectivity index (χ1) is 16.6. The van der Waals surface area contributed by atoms with Gasteiger partial charge in [-0.3, -0.25) is 4.79 Å². The third kappa shape index (κ3) is 3.81. The van der Waals surface area contributed by atoms with Crippen molar-refractivity contribution in [1.29, 1.82) is 0 Å². The van der Waals surface area contributed by atoms with Gasteiger partial charge < -0.3 is 19.4 Å². The smallest absolute Gasteiger partial charge is 0.295 e. The third-order valence-corrected chi connectivity index (χ3v) is 7.50. The van der Waals surface area contributed by atoms with Gasteiger partial charge in [-0.1, -0.05) is 41.2 Å². The van der Waals surface area contributed by atoms with Gasteiger partial charge in [-0.05, 0) is 50.3 Å². The Bertz CT molecular complexity index is 1330. The number of thiazole rings is 1. The number of anilines is 1. The summed E-state index contributed by atoms with van der Waals surface area (Å²) in [6, 6.07) is 14.3. The Labute approximate surface area is 201 Å². The molecule has 1 amide bonds. The van der Waals surface area contributed by atoms with Crippen LogP contribution in [0.25, 0.3) is 22.4 Å². The number of benzene rings is 2. The molecule has 1 saturated heterocycles. The second kappa shape index (κ2) is 8.43. The Kier molecular flexibility index (Phi) is 5.25. The highest BCUT2D eigenvalue weighted by Crippen LogP contribution is 2.50. The number of rotatable bonds is 7. The minimum Gasteiger partial charge on any atom is -0.470 e. The fourth-order valence-corrected chi connectivity index (χ4v) is 5.72. The van der Waals surface area contributed by atoms with Crippen molar-refractivity contribution in [3.8, 4) is 16.5 Å². The van der Waals surface area contributed by atoms with Gasteiger partial charge in [0.15, 0.2) is 5.58 Å². The van der Waals surface area contributed by atoms with E-state index in [-0.39, 0.29) is 11.9 Å². The number of piperidine rings is 1. The first-order valence-electron chi connectivity index (χ1n) is 11.7. The number of para-hydroxylation sites is 2. The Morgan fingerprint density at radius 2 is 2.15 bits per heavy atom. The van der Waals surface area contributed by atoms with Crippen LogP contribution < -0.4 is 10.1 Å². The summed E-state index contributed by atoms with van der Waals surface area (Å²) >= 11 is 1.46. The zero-order valence-electron chi connectivity index (χ0n) is 19.2. The molecule has 1 aliphatic carbocycles. The lowest BCUT2D eigenvalue weighted by Crippen LogP contribution is -2.42. The molecule has 1 N–H and O–H groups in total. The predicted molar refractivity (Wildman–Crippen MR) is 132 cm³/mol. The van der Waals surface area contributed by atoms with E-state index in [1.807, 2.05) is 66.6 Å². The van der Waals surface area contributed by atoms with E-state index < -0.39 is 0 Å². The van der Waals surface area contributed by atoms with Crippen molar-refractivity contribution in [2.24, 2.45) is 11.8 Å². The van der Waals surface area contributed by atoms with Crippen molar-refractivity contribution in [2.75, 3.05) is 25.0 Å². The van der Waals surface area contributed by atoms with Gasteiger partial charge in [-0.25, -0.2) is 4.98 Å². The first kappa shape index (κ1) is 21.2. The van der Waals surface area contributed by atoms with Gasteiger partial charge in [-0.2, -0.15) is 4.98 Å². The first-order valence-corrected chi connectivity index (χ1v) is 12.6. The van der Waals surface area contributed by atoms with Crippen LogP contribution in [0.3, 0.4) is 0 Å². The summed E-state index contributed by atoms with van der Waals surface area (Å²) in [5.74, 6) is 1.16. The van der Waals surface area contributed by atoms with E-state index in [0.717, 1.165) is 34.5 Å². The molecule has 2 aliphatic rings. The Morgan fingerprint density at radius 1 is 1.26 bits per heavy atom. The SMILES string of the molecule is CCOc1nc(-c2ccc(C)cc2C(=O)N2CC3CC3C2CNc2nc3ccccc3o2)cs1. The second-order valence-corrected chi connectivity index (χ2v) is 9.85. The van der Waals surface area contributed by atoms with Gasteiger partial charge in [0.1, 0.15) is 5.52 Å². The summed E-state index contributed by atoms with van der Waals surface area (Å²) < 4.78 is 11.4. The van der Waals surface area contributed by atoms with Crippen molar-refractivity contribution < 1.29 is 13.9 Å². The van der Waals surface area contributed by atoms with E-state index in [0.29, 0.717) is 41.8 Å². The predicted octanol–water partition coefficient (Wildman–Crippen LogP) is 5.23. The molecular formula is C26H26N4O3S. The number of aryl methyl sites for hydroxylation is 1. The molecule has 2 aromatic carbocycles. The molecule has 0 bridgehead atoms. The van der Waals surface area contributed by atoms with Crippen LogP contribution in [0.1, 0.15) is 29.3 Å². The van der Waals surface area contributed by atoms with Crippen LogP contribution in [0.2, 0.25) is 0 Å². The molecule has 34 heavy (non-hydrogen) atoms. The highest BCUT2D eigenvalue weighted by atomic mass is 32.1. The number of fused-ring (bicyclic) bond motifs is 2. The van der Waals surface area contributed by atoms with Crippen LogP contribution >= 0.6 is 11.3 Å². The largest absolute Gasteiger partial charge is 0.470 e. The molecular weight excluding hydrogens is 448 g/mol. The highest BCUT2D eigenvalue weighted by Gasteiger charge is 2.54. The monoisotopic (exact) mass is 474 g/mol. The number of amides is 1. The Hall–Kier alpha value is -3.39. The van der Waals surface area contributed by atoms with Crippen LogP contribution in [0.5, 0.6) is 5.19 Å². The number of carbonyl (C=O) groups is 1. The van der Waals surface area contributed by atoms with Gasteiger partial charge in [-0.15, -0.1) is 0 Å². The van der Waals surface area contributed by atoms with E-state index >= 15 is 0 Å². The van der Waals surface area contributed by atoms with Gasteiger partial charge in [0.05, 0.1) is 18.3 Å². The van der Waals surface area contributed by atoms with Crippen molar-refractivity contribution in [2.45, 2.75) is 26.3 Å². The lowest BCUT2D eigenvalue weighted by Gasteiger charge is -2.28. The summed E-state index contributed by atoms with van der Waals surface area (Å²) in [5.41, 5.74) is 4.96. The van der Waals surface area contributed by atoms with Gasteiger partial charge in [0, 0.05) is 29.6 Å². The molecule has 3 unspecified atom stereocenters. The van der Waals surface area contributed by atoms with E-state index in [4.69, 9.17) is 9.15 Å². The number of hydrogen-bond donors (Lipinski definition) is 1.